The Morgan fingerprint density at radius 1 is 1.73 bits per heavy atom. The monoisotopic (exact) mass is 217 g/mol. The van der Waals surface area contributed by atoms with Gasteiger partial charge in [-0.2, -0.15) is 0 Å². The molecule has 60 valence electrons. The molecule has 0 aliphatic carbocycles. The Morgan fingerprint density at radius 2 is 2.36 bits per heavy atom. The molecule has 0 bridgehead atoms. The van der Waals surface area contributed by atoms with Crippen molar-refractivity contribution in [3.63, 3.8) is 0 Å². The summed E-state index contributed by atoms with van der Waals surface area (Å²) in [4.78, 5) is 10.8. The second-order valence-electron chi connectivity index (χ2n) is 2.23. The van der Waals surface area contributed by atoms with E-state index in [-0.39, 0.29) is 5.78 Å². The van der Waals surface area contributed by atoms with Gasteiger partial charge in [0.25, 0.3) is 0 Å². The molecule has 0 aliphatic rings. The van der Waals surface area contributed by atoms with Gasteiger partial charge in [-0.05, 0) is 35.0 Å². The van der Waals surface area contributed by atoms with Gasteiger partial charge in [0.1, 0.15) is 11.8 Å². The highest BCUT2D eigenvalue weighted by Gasteiger charge is 2.14. The Morgan fingerprint density at radius 3 is 2.73 bits per heavy atom. The average Bonchev–Trinajstić information content (AvgIpc) is 2.34. The second-order valence-corrected chi connectivity index (χ2v) is 3.01. The number of hydrogen-bond donors (Lipinski definition) is 1. The van der Waals surface area contributed by atoms with Crippen molar-refractivity contribution in [1.82, 2.24) is 0 Å². The van der Waals surface area contributed by atoms with Crippen LogP contribution >= 0.6 is 15.9 Å². The van der Waals surface area contributed by atoms with Crippen molar-refractivity contribution in [2.45, 2.75) is 13.0 Å². The lowest BCUT2D eigenvalue weighted by Gasteiger charge is -2.01. The van der Waals surface area contributed by atoms with Crippen LogP contribution in [0.1, 0.15) is 18.7 Å². The fourth-order valence-electron chi connectivity index (χ4n) is 0.696. The minimum Gasteiger partial charge on any atom is -0.452 e. The van der Waals surface area contributed by atoms with Crippen LogP contribution in [-0.2, 0) is 4.79 Å². The average molecular weight is 218 g/mol. The third kappa shape index (κ3) is 1.91. The lowest BCUT2D eigenvalue weighted by atomic mass is 10.2. The molecule has 0 radical (unpaired) electrons. The summed E-state index contributed by atoms with van der Waals surface area (Å²) in [6, 6.07) is 2.75. The van der Waals surface area contributed by atoms with Gasteiger partial charge in [-0.25, -0.2) is 0 Å². The zero-order valence-corrected chi connectivity index (χ0v) is 7.59. The molecular formula is C7H8BrNO2. The maximum absolute atomic E-state index is 10.8. The number of hydrogen-bond acceptors (Lipinski definition) is 3. The molecule has 1 unspecified atom stereocenters. The molecule has 0 fully saturated rings. The number of carbonyl (C=O) groups is 1. The molecule has 4 heteroatoms. The molecule has 2 N–H and O–H groups in total. The highest BCUT2D eigenvalue weighted by atomic mass is 79.9. The van der Waals surface area contributed by atoms with E-state index < -0.39 is 6.04 Å². The van der Waals surface area contributed by atoms with Gasteiger partial charge in [-0.3, -0.25) is 4.79 Å². The molecule has 0 saturated carbocycles. The summed E-state index contributed by atoms with van der Waals surface area (Å²) >= 11 is 3.12. The van der Waals surface area contributed by atoms with Gasteiger partial charge in [-0.1, -0.05) is 0 Å². The van der Waals surface area contributed by atoms with Crippen LogP contribution in [0.25, 0.3) is 0 Å². The van der Waals surface area contributed by atoms with E-state index in [0.717, 1.165) is 0 Å². The smallest absolute Gasteiger partial charge is 0.169 e. The quantitative estimate of drug-likeness (QED) is 0.820. The Kier molecular flexibility index (Phi) is 2.46. The van der Waals surface area contributed by atoms with Crippen LogP contribution in [-0.4, -0.2) is 5.78 Å². The third-order valence-electron chi connectivity index (χ3n) is 1.34. The molecule has 1 aromatic heterocycles. The summed E-state index contributed by atoms with van der Waals surface area (Å²) in [5.74, 6) is 0.385. The van der Waals surface area contributed by atoms with Crippen molar-refractivity contribution in [3.8, 4) is 0 Å². The first-order chi connectivity index (χ1) is 5.11. The minimum atomic E-state index is -0.638. The number of halogens is 1. The van der Waals surface area contributed by atoms with Crippen LogP contribution in [0.5, 0.6) is 0 Å². The fraction of sp³-hybridized carbons (Fsp3) is 0.286. The van der Waals surface area contributed by atoms with Gasteiger partial charge >= 0.3 is 0 Å². The van der Waals surface area contributed by atoms with E-state index in [4.69, 9.17) is 10.2 Å². The van der Waals surface area contributed by atoms with E-state index in [1.807, 2.05) is 0 Å². The van der Waals surface area contributed by atoms with Crippen LogP contribution < -0.4 is 5.73 Å². The Bertz CT molecular complexity index is 269. The molecule has 0 saturated heterocycles. The zero-order chi connectivity index (χ0) is 8.43. The van der Waals surface area contributed by atoms with Gasteiger partial charge in [-0.15, -0.1) is 0 Å². The van der Waals surface area contributed by atoms with Crippen LogP contribution in [0, 0.1) is 0 Å². The molecule has 1 aromatic rings. The molecule has 0 spiro atoms. The summed E-state index contributed by atoms with van der Waals surface area (Å²) < 4.78 is 5.66. The minimum absolute atomic E-state index is 0.105. The fourth-order valence-corrected chi connectivity index (χ4v) is 1.01. The second kappa shape index (κ2) is 3.19. The summed E-state index contributed by atoms with van der Waals surface area (Å²) in [5, 5.41) is 0. The summed E-state index contributed by atoms with van der Waals surface area (Å²) in [6.45, 7) is 1.43. The number of furan rings is 1. The van der Waals surface area contributed by atoms with Crippen molar-refractivity contribution in [2.75, 3.05) is 0 Å². The molecule has 1 heterocycles. The van der Waals surface area contributed by atoms with Crippen molar-refractivity contribution in [1.29, 1.82) is 0 Å². The van der Waals surface area contributed by atoms with Crippen LogP contribution in [0.3, 0.4) is 0 Å². The Hall–Kier alpha value is -0.610. The summed E-state index contributed by atoms with van der Waals surface area (Å²) in [6.07, 6.45) is 0. The SMILES string of the molecule is CC(=O)C(N)c1ccc(Br)o1. The number of rotatable bonds is 2. The maximum atomic E-state index is 10.8. The Balaban J connectivity index is 2.84. The van der Waals surface area contributed by atoms with E-state index in [1.165, 1.54) is 6.92 Å². The topological polar surface area (TPSA) is 56.2 Å². The Labute approximate surface area is 72.7 Å². The molecule has 0 amide bonds. The van der Waals surface area contributed by atoms with Crippen LogP contribution in [0.15, 0.2) is 21.2 Å². The first-order valence-corrected chi connectivity index (χ1v) is 3.92. The van der Waals surface area contributed by atoms with E-state index >= 15 is 0 Å². The summed E-state index contributed by atoms with van der Waals surface area (Å²) in [5.41, 5.74) is 5.49. The van der Waals surface area contributed by atoms with E-state index in [1.54, 1.807) is 12.1 Å². The lowest BCUT2D eigenvalue weighted by Crippen LogP contribution is -2.17. The van der Waals surface area contributed by atoms with E-state index in [0.29, 0.717) is 10.4 Å². The molecular weight excluding hydrogens is 210 g/mol. The van der Waals surface area contributed by atoms with Gasteiger partial charge in [0, 0.05) is 0 Å². The summed E-state index contributed by atoms with van der Waals surface area (Å²) in [7, 11) is 0. The third-order valence-corrected chi connectivity index (χ3v) is 1.76. The lowest BCUT2D eigenvalue weighted by molar-refractivity contribution is -0.118. The molecule has 1 atom stereocenters. The van der Waals surface area contributed by atoms with Crippen LogP contribution in [0.4, 0.5) is 0 Å². The van der Waals surface area contributed by atoms with Gasteiger partial charge in [0.05, 0.1) is 0 Å². The first kappa shape index (κ1) is 8.49. The standard InChI is InChI=1S/C7H8BrNO2/c1-4(10)7(9)5-2-3-6(8)11-5/h2-3,7H,9H2,1H3. The molecule has 0 aromatic carbocycles. The van der Waals surface area contributed by atoms with Crippen LogP contribution in [0.2, 0.25) is 0 Å². The first-order valence-electron chi connectivity index (χ1n) is 3.12. The van der Waals surface area contributed by atoms with Crippen molar-refractivity contribution < 1.29 is 9.21 Å². The number of Topliss-reactive ketones (excluding diaryl/α,β-unsaturated/α-hetero) is 1. The van der Waals surface area contributed by atoms with Gasteiger partial charge in [0.2, 0.25) is 0 Å². The molecule has 0 aliphatic heterocycles. The largest absolute Gasteiger partial charge is 0.452 e. The highest BCUT2D eigenvalue weighted by Crippen LogP contribution is 2.19. The van der Waals surface area contributed by atoms with Gasteiger partial charge < -0.3 is 10.2 Å². The zero-order valence-electron chi connectivity index (χ0n) is 6.00. The number of ketones is 1. The normalized spacial score (nSPS) is 13.0. The predicted molar refractivity (Wildman–Crippen MR) is 44.0 cm³/mol. The highest BCUT2D eigenvalue weighted by molar-refractivity contribution is 9.10. The van der Waals surface area contributed by atoms with Crippen molar-refractivity contribution in [3.05, 3.63) is 22.6 Å². The molecule has 3 nitrogen and oxygen atoms in total. The number of carbonyl (C=O) groups excluding carboxylic acids is 1. The van der Waals surface area contributed by atoms with Crippen molar-refractivity contribution in [2.24, 2.45) is 5.73 Å². The number of nitrogens with two attached hydrogens (primary N) is 1. The molecule has 11 heavy (non-hydrogen) atoms. The molecule has 1 rings (SSSR count). The van der Waals surface area contributed by atoms with Gasteiger partial charge in [0.15, 0.2) is 10.5 Å². The maximum Gasteiger partial charge on any atom is 0.169 e. The van der Waals surface area contributed by atoms with Crippen molar-refractivity contribution >= 4 is 21.7 Å². The predicted octanol–water partition coefficient (Wildman–Crippen LogP) is 1.63. The van der Waals surface area contributed by atoms with E-state index in [9.17, 15) is 4.79 Å². The van der Waals surface area contributed by atoms with E-state index in [2.05, 4.69) is 15.9 Å².